The van der Waals surface area contributed by atoms with Crippen molar-refractivity contribution in [3.8, 4) is 0 Å². The molecule has 5 nitrogen and oxygen atoms in total. The van der Waals surface area contributed by atoms with Gasteiger partial charge in [-0.15, -0.1) is 0 Å². The van der Waals surface area contributed by atoms with Crippen LogP contribution in [0.3, 0.4) is 0 Å². The van der Waals surface area contributed by atoms with Crippen molar-refractivity contribution in [1.82, 2.24) is 0 Å². The van der Waals surface area contributed by atoms with Crippen LogP contribution in [0, 0.1) is 21.8 Å². The molecule has 0 radical (unpaired) electrons. The van der Waals surface area contributed by atoms with Gasteiger partial charge < -0.3 is 10.4 Å². The summed E-state index contributed by atoms with van der Waals surface area (Å²) >= 11 is 0. The highest BCUT2D eigenvalue weighted by molar-refractivity contribution is 5.62. The number of aliphatic hydroxyl groups excluding tert-OH is 1. The predicted octanol–water partition coefficient (Wildman–Crippen LogP) is 3.09. The van der Waals surface area contributed by atoms with E-state index in [-0.39, 0.29) is 18.0 Å². The van der Waals surface area contributed by atoms with Crippen LogP contribution >= 0.6 is 0 Å². The van der Waals surface area contributed by atoms with Crippen LogP contribution in [0.2, 0.25) is 0 Å². The Bertz CT molecular complexity index is 509. The lowest BCUT2D eigenvalue weighted by Gasteiger charge is -2.40. The van der Waals surface area contributed by atoms with Crippen molar-refractivity contribution in [2.75, 3.05) is 11.9 Å². The molecule has 0 spiro atoms. The van der Waals surface area contributed by atoms with Crippen molar-refractivity contribution in [2.45, 2.75) is 38.1 Å². The Morgan fingerprint density at radius 3 is 2.95 bits per heavy atom. The molecule has 1 aliphatic rings. The van der Waals surface area contributed by atoms with E-state index in [0.717, 1.165) is 43.9 Å². The monoisotopic (exact) mass is 282 g/mol. The maximum Gasteiger partial charge on any atom is 0.292 e. The van der Waals surface area contributed by atoms with Crippen LogP contribution in [0.4, 0.5) is 15.8 Å². The zero-order valence-corrected chi connectivity index (χ0v) is 11.4. The fourth-order valence-corrected chi connectivity index (χ4v) is 3.01. The normalized spacial score (nSPS) is 26.2. The van der Waals surface area contributed by atoms with Gasteiger partial charge in [-0.2, -0.15) is 0 Å². The van der Waals surface area contributed by atoms with E-state index in [1.54, 1.807) is 0 Å². The average Bonchev–Trinajstić information content (AvgIpc) is 2.38. The molecule has 1 aromatic rings. The van der Waals surface area contributed by atoms with Crippen LogP contribution < -0.4 is 5.32 Å². The van der Waals surface area contributed by atoms with Crippen molar-refractivity contribution in [1.29, 1.82) is 0 Å². The lowest BCUT2D eigenvalue weighted by atomic mass is 9.76. The van der Waals surface area contributed by atoms with Gasteiger partial charge in [-0.3, -0.25) is 10.1 Å². The molecule has 1 saturated carbocycles. The highest BCUT2D eigenvalue weighted by Crippen LogP contribution is 2.37. The summed E-state index contributed by atoms with van der Waals surface area (Å²) in [5, 5.41) is 23.7. The molecule has 1 aliphatic carbocycles. The van der Waals surface area contributed by atoms with Crippen molar-refractivity contribution in [3.63, 3.8) is 0 Å². The number of nitrogens with zero attached hydrogens (tertiary/aromatic N) is 1. The number of aliphatic hydroxyl groups is 1. The van der Waals surface area contributed by atoms with Crippen molar-refractivity contribution in [3.05, 3.63) is 34.1 Å². The van der Waals surface area contributed by atoms with Gasteiger partial charge in [0.25, 0.3) is 5.69 Å². The standard InChI is InChI=1S/C14H19FN2O3/c1-10-3-2-6-14(8-10,9-18)16-12-7-11(15)4-5-13(12)17(19)20/h4-5,7,10,16,18H,2-3,6,8-9H2,1H3. The average molecular weight is 282 g/mol. The molecule has 0 amide bonds. The molecular formula is C14H19FN2O3. The van der Waals surface area contributed by atoms with Crippen LogP contribution in [-0.2, 0) is 0 Å². The molecule has 0 saturated heterocycles. The summed E-state index contributed by atoms with van der Waals surface area (Å²) < 4.78 is 13.3. The van der Waals surface area contributed by atoms with E-state index in [9.17, 15) is 19.6 Å². The molecule has 2 rings (SSSR count). The molecule has 1 fully saturated rings. The Morgan fingerprint density at radius 1 is 1.60 bits per heavy atom. The summed E-state index contributed by atoms with van der Waals surface area (Å²) in [7, 11) is 0. The molecule has 2 unspecified atom stereocenters. The van der Waals surface area contributed by atoms with Gasteiger partial charge in [0.1, 0.15) is 11.5 Å². The van der Waals surface area contributed by atoms with Crippen molar-refractivity contribution < 1.29 is 14.4 Å². The summed E-state index contributed by atoms with van der Waals surface area (Å²) in [6.45, 7) is 1.97. The topological polar surface area (TPSA) is 75.4 Å². The van der Waals surface area contributed by atoms with Crippen LogP contribution in [-0.4, -0.2) is 22.2 Å². The highest BCUT2D eigenvalue weighted by Gasteiger charge is 2.35. The fourth-order valence-electron chi connectivity index (χ4n) is 3.01. The van der Waals surface area contributed by atoms with E-state index in [4.69, 9.17) is 0 Å². The second kappa shape index (κ2) is 5.75. The van der Waals surface area contributed by atoms with E-state index in [2.05, 4.69) is 12.2 Å². The number of nitrogens with one attached hydrogen (secondary N) is 1. The number of hydrogen-bond donors (Lipinski definition) is 2. The van der Waals surface area contributed by atoms with Gasteiger partial charge in [0.05, 0.1) is 17.1 Å². The molecule has 0 bridgehead atoms. The lowest BCUT2D eigenvalue weighted by molar-refractivity contribution is -0.384. The minimum absolute atomic E-state index is 0.120. The molecule has 1 aromatic carbocycles. The van der Waals surface area contributed by atoms with Gasteiger partial charge in [0, 0.05) is 12.1 Å². The number of rotatable bonds is 4. The Labute approximate surface area is 117 Å². The maximum atomic E-state index is 13.3. The number of nitro groups is 1. The minimum Gasteiger partial charge on any atom is -0.394 e. The number of benzene rings is 1. The Kier molecular flexibility index (Phi) is 4.23. The third-order valence-corrected chi connectivity index (χ3v) is 3.95. The van der Waals surface area contributed by atoms with Crippen molar-refractivity contribution >= 4 is 11.4 Å². The quantitative estimate of drug-likeness (QED) is 0.657. The van der Waals surface area contributed by atoms with E-state index in [1.165, 1.54) is 0 Å². The molecule has 2 atom stereocenters. The van der Waals surface area contributed by atoms with Gasteiger partial charge >= 0.3 is 0 Å². The smallest absolute Gasteiger partial charge is 0.292 e. The molecule has 20 heavy (non-hydrogen) atoms. The number of nitro benzene ring substituents is 1. The highest BCUT2D eigenvalue weighted by atomic mass is 19.1. The molecule has 2 N–H and O–H groups in total. The molecule has 0 aromatic heterocycles. The second-order valence-corrected chi connectivity index (χ2v) is 5.68. The maximum absolute atomic E-state index is 13.3. The number of anilines is 1. The van der Waals surface area contributed by atoms with Crippen LogP contribution in [0.5, 0.6) is 0 Å². The van der Waals surface area contributed by atoms with E-state index < -0.39 is 16.3 Å². The Balaban J connectivity index is 2.31. The van der Waals surface area contributed by atoms with Gasteiger partial charge in [0.15, 0.2) is 0 Å². The lowest BCUT2D eigenvalue weighted by Crippen LogP contribution is -2.46. The summed E-state index contributed by atoms with van der Waals surface area (Å²) in [5.74, 6) is -0.105. The van der Waals surface area contributed by atoms with Gasteiger partial charge in [-0.1, -0.05) is 19.8 Å². The molecule has 0 heterocycles. The largest absolute Gasteiger partial charge is 0.394 e. The van der Waals surface area contributed by atoms with Crippen LogP contribution in [0.15, 0.2) is 18.2 Å². The molecule has 6 heteroatoms. The van der Waals surface area contributed by atoms with Gasteiger partial charge in [0.2, 0.25) is 0 Å². The van der Waals surface area contributed by atoms with Crippen molar-refractivity contribution in [2.24, 2.45) is 5.92 Å². The first kappa shape index (κ1) is 14.7. The number of hydrogen-bond acceptors (Lipinski definition) is 4. The summed E-state index contributed by atoms with van der Waals surface area (Å²) in [6.07, 6.45) is 3.46. The first-order valence-corrected chi connectivity index (χ1v) is 6.79. The SMILES string of the molecule is CC1CCCC(CO)(Nc2cc(F)ccc2[N+](=O)[O-])C1. The number of halogens is 1. The molecule has 110 valence electrons. The Hall–Kier alpha value is -1.69. The van der Waals surface area contributed by atoms with Crippen LogP contribution in [0.25, 0.3) is 0 Å². The second-order valence-electron chi connectivity index (χ2n) is 5.68. The molecule has 0 aliphatic heterocycles. The first-order valence-electron chi connectivity index (χ1n) is 6.79. The van der Waals surface area contributed by atoms with Gasteiger partial charge in [-0.05, 0) is 24.8 Å². The predicted molar refractivity (Wildman–Crippen MR) is 74.1 cm³/mol. The summed E-state index contributed by atoms with van der Waals surface area (Å²) in [6, 6.07) is 3.34. The first-order chi connectivity index (χ1) is 9.46. The third kappa shape index (κ3) is 3.07. The fraction of sp³-hybridized carbons (Fsp3) is 0.571. The zero-order chi connectivity index (χ0) is 14.8. The molecular weight excluding hydrogens is 263 g/mol. The zero-order valence-electron chi connectivity index (χ0n) is 11.4. The third-order valence-electron chi connectivity index (χ3n) is 3.95. The summed E-state index contributed by atoms with van der Waals surface area (Å²) in [4.78, 5) is 10.5. The van der Waals surface area contributed by atoms with E-state index in [0.29, 0.717) is 5.92 Å². The Morgan fingerprint density at radius 2 is 2.35 bits per heavy atom. The van der Waals surface area contributed by atoms with Crippen LogP contribution in [0.1, 0.15) is 32.6 Å². The van der Waals surface area contributed by atoms with Gasteiger partial charge in [-0.25, -0.2) is 4.39 Å². The van der Waals surface area contributed by atoms with E-state index in [1.807, 2.05) is 0 Å². The minimum atomic E-state index is -0.601. The van der Waals surface area contributed by atoms with E-state index >= 15 is 0 Å². The summed E-state index contributed by atoms with van der Waals surface area (Å²) in [5.41, 5.74) is -0.633.